The lowest BCUT2D eigenvalue weighted by Gasteiger charge is -2.33. The standard InChI is InChI=1S/C14H22N2O2S/c1-3-13-11-16(9-8-15-13)10-12-4-6-14(7-5-12)19(2,17)18/h4-7,13,15H,3,8-11H2,1-2H3. The number of hydrogen-bond acceptors (Lipinski definition) is 4. The summed E-state index contributed by atoms with van der Waals surface area (Å²) < 4.78 is 22.8. The molecule has 0 saturated carbocycles. The van der Waals surface area contributed by atoms with Crippen LogP contribution in [0.25, 0.3) is 0 Å². The van der Waals surface area contributed by atoms with Crippen molar-refractivity contribution in [2.45, 2.75) is 30.8 Å². The molecule has 0 radical (unpaired) electrons. The van der Waals surface area contributed by atoms with Crippen LogP contribution in [-0.4, -0.2) is 45.2 Å². The van der Waals surface area contributed by atoms with E-state index in [0.29, 0.717) is 10.9 Å². The van der Waals surface area contributed by atoms with Gasteiger partial charge in [-0.25, -0.2) is 8.42 Å². The van der Waals surface area contributed by atoms with Crippen LogP contribution in [0.2, 0.25) is 0 Å². The van der Waals surface area contributed by atoms with Gasteiger partial charge in [-0.2, -0.15) is 0 Å². The molecule has 1 aromatic carbocycles. The molecule has 0 aliphatic carbocycles. The van der Waals surface area contributed by atoms with Crippen molar-refractivity contribution in [1.29, 1.82) is 0 Å². The topological polar surface area (TPSA) is 49.4 Å². The van der Waals surface area contributed by atoms with Crippen molar-refractivity contribution < 1.29 is 8.42 Å². The van der Waals surface area contributed by atoms with Crippen LogP contribution in [0.15, 0.2) is 29.2 Å². The number of hydrogen-bond donors (Lipinski definition) is 1. The van der Waals surface area contributed by atoms with Crippen molar-refractivity contribution in [3.8, 4) is 0 Å². The molecule has 1 aromatic rings. The molecule has 1 N–H and O–H groups in total. The van der Waals surface area contributed by atoms with E-state index in [0.717, 1.165) is 32.6 Å². The summed E-state index contributed by atoms with van der Waals surface area (Å²) in [5.41, 5.74) is 1.17. The minimum absolute atomic E-state index is 0.392. The molecule has 1 heterocycles. The highest BCUT2D eigenvalue weighted by Gasteiger charge is 2.17. The number of piperazine rings is 1. The van der Waals surface area contributed by atoms with Gasteiger partial charge in [0.15, 0.2) is 9.84 Å². The number of rotatable bonds is 4. The summed E-state index contributed by atoms with van der Waals surface area (Å²) in [6.45, 7) is 6.22. The number of nitrogens with zero attached hydrogens (tertiary/aromatic N) is 1. The molecule has 0 amide bonds. The maximum atomic E-state index is 11.4. The molecule has 4 nitrogen and oxygen atoms in total. The van der Waals surface area contributed by atoms with Gasteiger partial charge in [-0.1, -0.05) is 19.1 Å². The van der Waals surface area contributed by atoms with Gasteiger partial charge in [0.05, 0.1) is 4.90 Å². The van der Waals surface area contributed by atoms with E-state index in [1.807, 2.05) is 12.1 Å². The first-order chi connectivity index (χ1) is 8.99. The first kappa shape index (κ1) is 14.5. The van der Waals surface area contributed by atoms with E-state index >= 15 is 0 Å². The summed E-state index contributed by atoms with van der Waals surface area (Å²) in [5.74, 6) is 0. The second-order valence-electron chi connectivity index (χ2n) is 5.21. The Morgan fingerprint density at radius 3 is 2.58 bits per heavy atom. The smallest absolute Gasteiger partial charge is 0.175 e. The molecule has 1 saturated heterocycles. The monoisotopic (exact) mass is 282 g/mol. The van der Waals surface area contributed by atoms with E-state index in [2.05, 4.69) is 17.1 Å². The van der Waals surface area contributed by atoms with Gasteiger partial charge in [0, 0.05) is 38.5 Å². The molecule has 1 aliphatic rings. The van der Waals surface area contributed by atoms with Crippen molar-refractivity contribution in [2.24, 2.45) is 0 Å². The largest absolute Gasteiger partial charge is 0.311 e. The van der Waals surface area contributed by atoms with Gasteiger partial charge in [-0.05, 0) is 24.1 Å². The second-order valence-corrected chi connectivity index (χ2v) is 7.23. The van der Waals surface area contributed by atoms with Gasteiger partial charge >= 0.3 is 0 Å². The maximum absolute atomic E-state index is 11.4. The molecule has 2 rings (SSSR count). The zero-order valence-electron chi connectivity index (χ0n) is 11.6. The zero-order valence-corrected chi connectivity index (χ0v) is 12.4. The molecule has 1 atom stereocenters. The highest BCUT2D eigenvalue weighted by molar-refractivity contribution is 7.90. The highest BCUT2D eigenvalue weighted by Crippen LogP contribution is 2.13. The van der Waals surface area contributed by atoms with Crippen LogP contribution in [0.5, 0.6) is 0 Å². The Hall–Kier alpha value is -0.910. The third kappa shape index (κ3) is 4.03. The van der Waals surface area contributed by atoms with Crippen LogP contribution in [0, 0.1) is 0 Å². The molecular formula is C14H22N2O2S. The molecular weight excluding hydrogens is 260 g/mol. The Labute approximate surface area is 115 Å². The lowest BCUT2D eigenvalue weighted by Crippen LogP contribution is -2.49. The Morgan fingerprint density at radius 1 is 1.32 bits per heavy atom. The van der Waals surface area contributed by atoms with Gasteiger partial charge in [0.25, 0.3) is 0 Å². The van der Waals surface area contributed by atoms with Crippen LogP contribution in [-0.2, 0) is 16.4 Å². The van der Waals surface area contributed by atoms with Crippen molar-refractivity contribution >= 4 is 9.84 Å². The predicted molar refractivity (Wildman–Crippen MR) is 76.9 cm³/mol. The van der Waals surface area contributed by atoms with Gasteiger partial charge in [0.1, 0.15) is 0 Å². The van der Waals surface area contributed by atoms with E-state index in [1.54, 1.807) is 12.1 Å². The molecule has 0 aromatic heterocycles. The fourth-order valence-electron chi connectivity index (χ4n) is 2.41. The van der Waals surface area contributed by atoms with Gasteiger partial charge in [0.2, 0.25) is 0 Å². The van der Waals surface area contributed by atoms with Crippen molar-refractivity contribution in [3.63, 3.8) is 0 Å². The SMILES string of the molecule is CCC1CN(Cc2ccc(S(C)(=O)=O)cc2)CCN1. The van der Waals surface area contributed by atoms with Crippen LogP contribution >= 0.6 is 0 Å². The number of benzene rings is 1. The van der Waals surface area contributed by atoms with E-state index in [4.69, 9.17) is 0 Å². The third-order valence-corrected chi connectivity index (χ3v) is 4.72. The maximum Gasteiger partial charge on any atom is 0.175 e. The first-order valence-electron chi connectivity index (χ1n) is 6.74. The molecule has 1 fully saturated rings. The Balaban J connectivity index is 2.00. The van der Waals surface area contributed by atoms with E-state index in [1.165, 1.54) is 11.8 Å². The van der Waals surface area contributed by atoms with Gasteiger partial charge in [-0.15, -0.1) is 0 Å². The molecule has 19 heavy (non-hydrogen) atoms. The fourth-order valence-corrected chi connectivity index (χ4v) is 3.04. The third-order valence-electron chi connectivity index (χ3n) is 3.59. The molecule has 1 aliphatic heterocycles. The zero-order chi connectivity index (χ0) is 13.9. The fraction of sp³-hybridized carbons (Fsp3) is 0.571. The normalized spacial score (nSPS) is 21.5. The lowest BCUT2D eigenvalue weighted by atomic mass is 10.1. The molecule has 5 heteroatoms. The van der Waals surface area contributed by atoms with E-state index in [-0.39, 0.29) is 0 Å². The average molecular weight is 282 g/mol. The Kier molecular flexibility index (Phi) is 4.60. The average Bonchev–Trinajstić information content (AvgIpc) is 2.38. The van der Waals surface area contributed by atoms with Crippen LogP contribution in [0.4, 0.5) is 0 Å². The van der Waals surface area contributed by atoms with Crippen molar-refractivity contribution in [1.82, 2.24) is 10.2 Å². The van der Waals surface area contributed by atoms with Crippen molar-refractivity contribution in [2.75, 3.05) is 25.9 Å². The van der Waals surface area contributed by atoms with Crippen LogP contribution in [0.3, 0.4) is 0 Å². The number of nitrogens with one attached hydrogen (secondary N) is 1. The minimum atomic E-state index is -3.09. The molecule has 1 unspecified atom stereocenters. The lowest BCUT2D eigenvalue weighted by molar-refractivity contribution is 0.190. The summed E-state index contributed by atoms with van der Waals surface area (Å²) in [6.07, 6.45) is 2.38. The van der Waals surface area contributed by atoms with Crippen molar-refractivity contribution in [3.05, 3.63) is 29.8 Å². The molecule has 0 spiro atoms. The van der Waals surface area contributed by atoms with E-state index < -0.39 is 9.84 Å². The van der Waals surface area contributed by atoms with Gasteiger partial charge < -0.3 is 5.32 Å². The highest BCUT2D eigenvalue weighted by atomic mass is 32.2. The summed E-state index contributed by atoms with van der Waals surface area (Å²) in [5, 5.41) is 3.49. The minimum Gasteiger partial charge on any atom is -0.311 e. The summed E-state index contributed by atoms with van der Waals surface area (Å²) in [7, 11) is -3.09. The van der Waals surface area contributed by atoms with Crippen LogP contribution in [0.1, 0.15) is 18.9 Å². The quantitative estimate of drug-likeness (QED) is 0.903. The summed E-state index contributed by atoms with van der Waals surface area (Å²) >= 11 is 0. The Morgan fingerprint density at radius 2 is 2.00 bits per heavy atom. The summed E-state index contributed by atoms with van der Waals surface area (Å²) in [4.78, 5) is 2.81. The number of sulfone groups is 1. The second kappa shape index (κ2) is 6.03. The van der Waals surface area contributed by atoms with Gasteiger partial charge in [-0.3, -0.25) is 4.90 Å². The predicted octanol–water partition coefficient (Wildman–Crippen LogP) is 1.27. The summed E-state index contributed by atoms with van der Waals surface area (Å²) in [6, 6.07) is 7.80. The van der Waals surface area contributed by atoms with Crippen LogP contribution < -0.4 is 5.32 Å². The first-order valence-corrected chi connectivity index (χ1v) is 8.63. The van der Waals surface area contributed by atoms with E-state index in [9.17, 15) is 8.42 Å². The molecule has 0 bridgehead atoms. The Bertz CT molecular complexity index is 511. The molecule has 106 valence electrons.